The summed E-state index contributed by atoms with van der Waals surface area (Å²) in [6.07, 6.45) is 3.13. The fraction of sp³-hybridized carbons (Fsp3) is 0.286. The topological polar surface area (TPSA) is 98.7 Å². The van der Waals surface area contributed by atoms with Gasteiger partial charge < -0.3 is 15.6 Å². The summed E-state index contributed by atoms with van der Waals surface area (Å²) in [4.78, 5) is 16.4. The molecular weight excluding hydrogens is 268 g/mol. The first kappa shape index (κ1) is 14.7. The van der Waals surface area contributed by atoms with Crippen LogP contribution in [-0.2, 0) is 7.05 Å². The van der Waals surface area contributed by atoms with Crippen LogP contribution in [0.1, 0.15) is 34.8 Å². The molecule has 0 fully saturated rings. The van der Waals surface area contributed by atoms with Gasteiger partial charge in [0.15, 0.2) is 5.82 Å². The SMILES string of the molecule is CC(NC(=O)c1ncccc1C#CCN)c1nncn1C. The molecule has 0 aliphatic rings. The summed E-state index contributed by atoms with van der Waals surface area (Å²) >= 11 is 0. The quantitative estimate of drug-likeness (QED) is 0.774. The van der Waals surface area contributed by atoms with Crippen LogP contribution in [0.5, 0.6) is 0 Å². The molecule has 1 atom stereocenters. The number of hydrogen-bond donors (Lipinski definition) is 2. The number of aromatic nitrogens is 4. The van der Waals surface area contributed by atoms with Crippen LogP contribution in [0.25, 0.3) is 0 Å². The number of carbonyl (C=O) groups is 1. The molecule has 7 nitrogen and oxygen atoms in total. The predicted molar refractivity (Wildman–Crippen MR) is 77.1 cm³/mol. The van der Waals surface area contributed by atoms with Gasteiger partial charge in [0.25, 0.3) is 5.91 Å². The molecular formula is C14H16N6O. The first-order valence-electron chi connectivity index (χ1n) is 6.42. The number of pyridine rings is 1. The van der Waals surface area contributed by atoms with Crippen molar-refractivity contribution < 1.29 is 4.79 Å². The molecule has 0 aliphatic carbocycles. The van der Waals surface area contributed by atoms with E-state index in [1.807, 2.05) is 14.0 Å². The first-order valence-corrected chi connectivity index (χ1v) is 6.42. The van der Waals surface area contributed by atoms with E-state index in [0.717, 1.165) is 0 Å². The molecule has 2 rings (SSSR count). The second-order valence-corrected chi connectivity index (χ2v) is 4.40. The molecule has 3 N–H and O–H groups in total. The molecule has 1 amide bonds. The second-order valence-electron chi connectivity index (χ2n) is 4.40. The number of rotatable bonds is 3. The van der Waals surface area contributed by atoms with Crippen LogP contribution in [0.2, 0.25) is 0 Å². The molecule has 0 saturated carbocycles. The van der Waals surface area contributed by atoms with Gasteiger partial charge in [0.1, 0.15) is 12.0 Å². The van der Waals surface area contributed by atoms with E-state index in [-0.39, 0.29) is 24.2 Å². The molecule has 7 heteroatoms. The van der Waals surface area contributed by atoms with Crippen molar-refractivity contribution in [1.29, 1.82) is 0 Å². The summed E-state index contributed by atoms with van der Waals surface area (Å²) in [5.41, 5.74) is 6.17. The summed E-state index contributed by atoms with van der Waals surface area (Å²) in [5, 5.41) is 10.6. The van der Waals surface area contributed by atoms with Crippen LogP contribution < -0.4 is 11.1 Å². The molecule has 1 unspecified atom stereocenters. The van der Waals surface area contributed by atoms with Crippen molar-refractivity contribution in [2.45, 2.75) is 13.0 Å². The van der Waals surface area contributed by atoms with Gasteiger partial charge in [-0.05, 0) is 19.1 Å². The summed E-state index contributed by atoms with van der Waals surface area (Å²) in [6.45, 7) is 2.06. The minimum atomic E-state index is -0.313. The highest BCUT2D eigenvalue weighted by Crippen LogP contribution is 2.10. The number of amides is 1. The average molecular weight is 284 g/mol. The van der Waals surface area contributed by atoms with Gasteiger partial charge in [0, 0.05) is 13.2 Å². The molecule has 2 aromatic rings. The van der Waals surface area contributed by atoms with Crippen LogP contribution in [0, 0.1) is 11.8 Å². The minimum absolute atomic E-state index is 0.227. The van der Waals surface area contributed by atoms with Crippen molar-refractivity contribution in [3.8, 4) is 11.8 Å². The Morgan fingerprint density at radius 1 is 1.57 bits per heavy atom. The van der Waals surface area contributed by atoms with E-state index in [2.05, 4.69) is 32.3 Å². The van der Waals surface area contributed by atoms with E-state index < -0.39 is 0 Å². The van der Waals surface area contributed by atoms with Gasteiger partial charge in [-0.2, -0.15) is 0 Å². The lowest BCUT2D eigenvalue weighted by atomic mass is 10.1. The highest BCUT2D eigenvalue weighted by molar-refractivity contribution is 5.94. The summed E-state index contributed by atoms with van der Waals surface area (Å²) in [7, 11) is 1.82. The summed E-state index contributed by atoms with van der Waals surface area (Å²) < 4.78 is 1.75. The molecule has 0 aliphatic heterocycles. The Labute approximate surface area is 122 Å². The fourth-order valence-electron chi connectivity index (χ4n) is 1.85. The maximum Gasteiger partial charge on any atom is 0.271 e. The molecule has 0 bridgehead atoms. The van der Waals surface area contributed by atoms with Crippen molar-refractivity contribution >= 4 is 5.91 Å². The lowest BCUT2D eigenvalue weighted by Crippen LogP contribution is -2.29. The Morgan fingerprint density at radius 3 is 3.05 bits per heavy atom. The van der Waals surface area contributed by atoms with Crippen LogP contribution in [0.4, 0.5) is 0 Å². The van der Waals surface area contributed by atoms with E-state index in [9.17, 15) is 4.79 Å². The number of carbonyl (C=O) groups excluding carboxylic acids is 1. The molecule has 108 valence electrons. The van der Waals surface area contributed by atoms with Crippen molar-refractivity contribution in [2.24, 2.45) is 12.8 Å². The Kier molecular flexibility index (Phi) is 4.64. The monoisotopic (exact) mass is 284 g/mol. The van der Waals surface area contributed by atoms with E-state index in [4.69, 9.17) is 5.73 Å². The minimum Gasteiger partial charge on any atom is -0.341 e. The second kappa shape index (κ2) is 6.63. The van der Waals surface area contributed by atoms with E-state index in [1.54, 1.807) is 29.2 Å². The summed E-state index contributed by atoms with van der Waals surface area (Å²) in [6, 6.07) is 3.17. The zero-order chi connectivity index (χ0) is 15.2. The molecule has 0 saturated heterocycles. The normalized spacial score (nSPS) is 11.4. The first-order chi connectivity index (χ1) is 10.1. The molecule has 2 heterocycles. The molecule has 21 heavy (non-hydrogen) atoms. The number of aryl methyl sites for hydroxylation is 1. The van der Waals surface area contributed by atoms with Crippen LogP contribution in [-0.4, -0.2) is 32.2 Å². The fourth-order valence-corrected chi connectivity index (χ4v) is 1.85. The lowest BCUT2D eigenvalue weighted by molar-refractivity contribution is 0.0932. The Bertz CT molecular complexity index is 697. The third-order valence-electron chi connectivity index (χ3n) is 2.83. The zero-order valence-electron chi connectivity index (χ0n) is 11.9. The van der Waals surface area contributed by atoms with Gasteiger partial charge >= 0.3 is 0 Å². The zero-order valence-corrected chi connectivity index (χ0v) is 11.9. The predicted octanol–water partition coefficient (Wildman–Crippen LogP) is 0.0113. The molecule has 0 spiro atoms. The molecule has 2 aromatic heterocycles. The molecule has 0 radical (unpaired) electrons. The van der Waals surface area contributed by atoms with Crippen LogP contribution >= 0.6 is 0 Å². The Hall–Kier alpha value is -2.72. The largest absolute Gasteiger partial charge is 0.341 e. The van der Waals surface area contributed by atoms with Gasteiger partial charge in [0.2, 0.25) is 0 Å². The maximum absolute atomic E-state index is 12.3. The lowest BCUT2D eigenvalue weighted by Gasteiger charge is -2.13. The average Bonchev–Trinajstić information content (AvgIpc) is 2.91. The van der Waals surface area contributed by atoms with Gasteiger partial charge in [-0.1, -0.05) is 11.8 Å². The van der Waals surface area contributed by atoms with Crippen molar-refractivity contribution in [3.63, 3.8) is 0 Å². The number of nitrogens with one attached hydrogen (secondary N) is 1. The van der Waals surface area contributed by atoms with Crippen LogP contribution in [0.15, 0.2) is 24.7 Å². The highest BCUT2D eigenvalue weighted by atomic mass is 16.1. The van der Waals surface area contributed by atoms with Gasteiger partial charge in [0.05, 0.1) is 18.2 Å². The van der Waals surface area contributed by atoms with E-state index >= 15 is 0 Å². The van der Waals surface area contributed by atoms with Crippen molar-refractivity contribution in [3.05, 3.63) is 41.7 Å². The van der Waals surface area contributed by atoms with Crippen molar-refractivity contribution in [2.75, 3.05) is 6.54 Å². The van der Waals surface area contributed by atoms with E-state index in [0.29, 0.717) is 11.4 Å². The number of nitrogens with zero attached hydrogens (tertiary/aromatic N) is 4. The van der Waals surface area contributed by atoms with E-state index in [1.165, 1.54) is 0 Å². The maximum atomic E-state index is 12.3. The molecule has 0 aromatic carbocycles. The smallest absolute Gasteiger partial charge is 0.271 e. The Balaban J connectivity index is 2.19. The van der Waals surface area contributed by atoms with Gasteiger partial charge in [-0.25, -0.2) is 4.98 Å². The highest BCUT2D eigenvalue weighted by Gasteiger charge is 2.18. The van der Waals surface area contributed by atoms with Crippen LogP contribution in [0.3, 0.4) is 0 Å². The van der Waals surface area contributed by atoms with Gasteiger partial charge in [-0.15, -0.1) is 10.2 Å². The summed E-state index contributed by atoms with van der Waals surface area (Å²) in [5.74, 6) is 5.91. The number of nitrogens with two attached hydrogens (primary N) is 1. The third-order valence-corrected chi connectivity index (χ3v) is 2.83. The number of hydrogen-bond acceptors (Lipinski definition) is 5. The Morgan fingerprint density at radius 2 is 2.38 bits per heavy atom. The third kappa shape index (κ3) is 3.43. The van der Waals surface area contributed by atoms with Gasteiger partial charge in [-0.3, -0.25) is 4.79 Å². The van der Waals surface area contributed by atoms with Crippen molar-refractivity contribution in [1.82, 2.24) is 25.1 Å². The standard InChI is InChI=1S/C14H16N6O/c1-10(13-19-17-9-20(13)2)18-14(21)12-11(5-3-7-15)6-4-8-16-12/h4,6,8-10H,7,15H2,1-2H3,(H,18,21).